The zero-order valence-electron chi connectivity index (χ0n) is 7.73. The second-order valence-corrected chi connectivity index (χ2v) is 5.46. The molecule has 0 atom stereocenters. The first-order valence-corrected chi connectivity index (χ1v) is 6.38. The van der Waals surface area contributed by atoms with Gasteiger partial charge in [-0.2, -0.15) is 0 Å². The number of pyridine rings is 2. The minimum Gasteiger partial charge on any atom is -0.264 e. The van der Waals surface area contributed by atoms with Crippen molar-refractivity contribution in [2.24, 2.45) is 0 Å². The van der Waals surface area contributed by atoms with Gasteiger partial charge in [0.1, 0.15) is 0 Å². The Morgan fingerprint density at radius 2 is 2.08 bits per heavy atom. The standard InChI is InChI=1S/C10H12N2S/c1-13(2)9-5-8-6-11-4-3-10(8)12-7-9/h3-7,13H,1-2H3. The number of nitrogens with zero attached hydrogens (tertiary/aromatic N) is 2. The van der Waals surface area contributed by atoms with E-state index in [2.05, 4.69) is 28.5 Å². The molecule has 2 rings (SSSR count). The van der Waals surface area contributed by atoms with E-state index in [4.69, 9.17) is 0 Å². The second-order valence-electron chi connectivity index (χ2n) is 3.16. The van der Waals surface area contributed by atoms with Gasteiger partial charge in [0.25, 0.3) is 0 Å². The molecule has 13 heavy (non-hydrogen) atoms. The van der Waals surface area contributed by atoms with Crippen LogP contribution in [-0.2, 0) is 0 Å². The van der Waals surface area contributed by atoms with E-state index in [1.54, 1.807) is 6.20 Å². The van der Waals surface area contributed by atoms with Crippen LogP contribution in [0, 0.1) is 0 Å². The zero-order chi connectivity index (χ0) is 9.26. The van der Waals surface area contributed by atoms with Crippen LogP contribution in [0.25, 0.3) is 10.9 Å². The molecule has 0 N–H and O–H groups in total. The van der Waals surface area contributed by atoms with Crippen LogP contribution in [0.4, 0.5) is 0 Å². The first-order chi connectivity index (χ1) is 6.27. The van der Waals surface area contributed by atoms with E-state index in [1.165, 1.54) is 4.90 Å². The fourth-order valence-electron chi connectivity index (χ4n) is 1.20. The Morgan fingerprint density at radius 3 is 2.85 bits per heavy atom. The Bertz CT molecular complexity index is 426. The highest BCUT2D eigenvalue weighted by atomic mass is 32.2. The third-order valence-electron chi connectivity index (χ3n) is 1.98. The van der Waals surface area contributed by atoms with Crippen molar-refractivity contribution in [3.8, 4) is 0 Å². The molecule has 0 aliphatic carbocycles. The van der Waals surface area contributed by atoms with E-state index < -0.39 is 0 Å². The molecule has 0 aliphatic heterocycles. The fraction of sp³-hybridized carbons (Fsp3) is 0.200. The fourth-order valence-corrected chi connectivity index (χ4v) is 1.89. The predicted molar refractivity (Wildman–Crippen MR) is 58.6 cm³/mol. The molecule has 2 nitrogen and oxygen atoms in total. The van der Waals surface area contributed by atoms with Crippen LogP contribution in [0.3, 0.4) is 0 Å². The number of thiol groups is 1. The maximum absolute atomic E-state index is 4.38. The molecule has 0 saturated heterocycles. The Morgan fingerprint density at radius 1 is 1.23 bits per heavy atom. The minimum atomic E-state index is -0.0591. The summed E-state index contributed by atoms with van der Waals surface area (Å²) in [5, 5.41) is 1.14. The van der Waals surface area contributed by atoms with E-state index in [9.17, 15) is 0 Å². The Hall–Kier alpha value is -1.09. The molecule has 0 amide bonds. The van der Waals surface area contributed by atoms with Crippen molar-refractivity contribution in [2.45, 2.75) is 4.90 Å². The summed E-state index contributed by atoms with van der Waals surface area (Å²) < 4.78 is 0. The summed E-state index contributed by atoms with van der Waals surface area (Å²) in [5.41, 5.74) is 1.02. The monoisotopic (exact) mass is 192 g/mol. The highest BCUT2D eigenvalue weighted by Gasteiger charge is 1.98. The second kappa shape index (κ2) is 3.34. The normalized spacial score (nSPS) is 11.7. The zero-order valence-corrected chi connectivity index (χ0v) is 8.62. The van der Waals surface area contributed by atoms with Gasteiger partial charge in [-0.3, -0.25) is 9.97 Å². The van der Waals surface area contributed by atoms with E-state index in [0.717, 1.165) is 10.9 Å². The molecule has 0 aromatic carbocycles. The average Bonchev–Trinajstić information content (AvgIpc) is 2.17. The maximum atomic E-state index is 4.38. The van der Waals surface area contributed by atoms with Crippen LogP contribution in [-0.4, -0.2) is 22.5 Å². The Kier molecular flexibility index (Phi) is 2.19. The van der Waals surface area contributed by atoms with Crippen molar-refractivity contribution in [3.63, 3.8) is 0 Å². The van der Waals surface area contributed by atoms with Gasteiger partial charge in [-0.15, -0.1) is 0 Å². The quantitative estimate of drug-likeness (QED) is 0.701. The molecule has 2 aromatic heterocycles. The minimum absolute atomic E-state index is 0.0591. The molecule has 68 valence electrons. The molecule has 0 saturated carbocycles. The lowest BCUT2D eigenvalue weighted by atomic mass is 10.3. The van der Waals surface area contributed by atoms with Gasteiger partial charge in [-0.05, 0) is 24.6 Å². The summed E-state index contributed by atoms with van der Waals surface area (Å²) in [6.45, 7) is 0. The summed E-state index contributed by atoms with van der Waals surface area (Å²) in [6, 6.07) is 4.12. The van der Waals surface area contributed by atoms with E-state index in [0.29, 0.717) is 0 Å². The molecular formula is C10H12N2S. The first kappa shape index (κ1) is 8.51. The molecule has 2 heterocycles. The van der Waals surface area contributed by atoms with Gasteiger partial charge >= 0.3 is 0 Å². The van der Waals surface area contributed by atoms with E-state index in [1.807, 2.05) is 18.5 Å². The molecule has 0 bridgehead atoms. The van der Waals surface area contributed by atoms with Crippen LogP contribution in [0.5, 0.6) is 0 Å². The van der Waals surface area contributed by atoms with Gasteiger partial charge in [-0.1, -0.05) is 0 Å². The van der Waals surface area contributed by atoms with Crippen LogP contribution < -0.4 is 0 Å². The van der Waals surface area contributed by atoms with E-state index in [-0.39, 0.29) is 10.9 Å². The van der Waals surface area contributed by atoms with Crippen molar-refractivity contribution in [3.05, 3.63) is 30.7 Å². The van der Waals surface area contributed by atoms with Gasteiger partial charge < -0.3 is 0 Å². The lowest BCUT2D eigenvalue weighted by Gasteiger charge is -2.08. The number of hydrogen-bond donors (Lipinski definition) is 1. The summed E-state index contributed by atoms with van der Waals surface area (Å²) in [6.07, 6.45) is 10.1. The largest absolute Gasteiger partial charge is 0.264 e. The van der Waals surface area contributed by atoms with Gasteiger partial charge in [-0.25, -0.2) is 10.9 Å². The van der Waals surface area contributed by atoms with Gasteiger partial charge in [0.15, 0.2) is 0 Å². The predicted octanol–water partition coefficient (Wildman–Crippen LogP) is 2.25. The van der Waals surface area contributed by atoms with Crippen LogP contribution >= 0.6 is 10.9 Å². The third-order valence-corrected chi connectivity index (χ3v) is 3.26. The first-order valence-electron chi connectivity index (χ1n) is 4.14. The number of hydrogen-bond acceptors (Lipinski definition) is 2. The van der Waals surface area contributed by atoms with Crippen molar-refractivity contribution in [1.82, 2.24) is 9.97 Å². The Balaban J connectivity index is 2.62. The van der Waals surface area contributed by atoms with Crippen molar-refractivity contribution >= 4 is 21.8 Å². The highest BCUT2D eigenvalue weighted by molar-refractivity contribution is 8.15. The van der Waals surface area contributed by atoms with Gasteiger partial charge in [0, 0.05) is 28.9 Å². The van der Waals surface area contributed by atoms with Crippen molar-refractivity contribution in [1.29, 1.82) is 0 Å². The van der Waals surface area contributed by atoms with Crippen LogP contribution in [0.15, 0.2) is 35.6 Å². The lowest BCUT2D eigenvalue weighted by Crippen LogP contribution is -1.84. The summed E-state index contributed by atoms with van der Waals surface area (Å²) in [7, 11) is -0.0591. The van der Waals surface area contributed by atoms with Crippen molar-refractivity contribution < 1.29 is 0 Å². The SMILES string of the molecule is C[SH](C)c1cnc2ccncc2c1. The third kappa shape index (κ3) is 1.65. The summed E-state index contributed by atoms with van der Waals surface area (Å²) >= 11 is 0. The molecular weight excluding hydrogens is 180 g/mol. The molecule has 0 spiro atoms. The Labute approximate surface area is 80.4 Å². The van der Waals surface area contributed by atoms with Gasteiger partial charge in [0.05, 0.1) is 5.52 Å². The summed E-state index contributed by atoms with van der Waals surface area (Å²) in [4.78, 5) is 9.79. The van der Waals surface area contributed by atoms with Crippen LogP contribution in [0.2, 0.25) is 0 Å². The summed E-state index contributed by atoms with van der Waals surface area (Å²) in [5.74, 6) is 0. The lowest BCUT2D eigenvalue weighted by molar-refractivity contribution is 1.27. The topological polar surface area (TPSA) is 25.8 Å². The maximum Gasteiger partial charge on any atom is 0.0733 e. The molecule has 0 aliphatic rings. The number of fused-ring (bicyclic) bond motifs is 1. The highest BCUT2D eigenvalue weighted by Crippen LogP contribution is 2.28. The molecule has 2 aromatic rings. The average molecular weight is 192 g/mol. The number of aromatic nitrogens is 2. The molecule has 0 radical (unpaired) electrons. The number of rotatable bonds is 1. The molecule has 0 fully saturated rings. The van der Waals surface area contributed by atoms with Gasteiger partial charge in [0.2, 0.25) is 0 Å². The molecule has 0 unspecified atom stereocenters. The van der Waals surface area contributed by atoms with E-state index >= 15 is 0 Å². The smallest absolute Gasteiger partial charge is 0.0733 e. The van der Waals surface area contributed by atoms with Crippen LogP contribution in [0.1, 0.15) is 0 Å². The van der Waals surface area contributed by atoms with Crippen molar-refractivity contribution in [2.75, 3.05) is 12.5 Å². The molecule has 3 heteroatoms.